The van der Waals surface area contributed by atoms with Crippen molar-refractivity contribution in [1.82, 2.24) is 20.0 Å². The lowest BCUT2D eigenvalue weighted by molar-refractivity contribution is 0.787. The van der Waals surface area contributed by atoms with E-state index in [0.717, 1.165) is 36.8 Å². The van der Waals surface area contributed by atoms with Gasteiger partial charge in [0.05, 0.1) is 5.69 Å². The lowest BCUT2D eigenvalue weighted by atomic mass is 10.1. The molecular weight excluding hydrogens is 298 g/mol. The minimum absolute atomic E-state index is 0.760. The van der Waals surface area contributed by atoms with Crippen LogP contribution in [0.25, 0.3) is 5.65 Å². The molecule has 2 heterocycles. The third-order valence-corrected chi connectivity index (χ3v) is 3.85. The second kappa shape index (κ2) is 7.64. The van der Waals surface area contributed by atoms with E-state index >= 15 is 0 Å². The Morgan fingerprint density at radius 3 is 2.88 bits per heavy atom. The number of nitrogens with zero attached hydrogens (tertiary/aromatic N) is 3. The van der Waals surface area contributed by atoms with Crippen molar-refractivity contribution in [3.05, 3.63) is 71.7 Å². The maximum atomic E-state index is 4.60. The summed E-state index contributed by atoms with van der Waals surface area (Å²) in [6.07, 6.45) is 4.94. The predicted molar refractivity (Wildman–Crippen MR) is 98.3 cm³/mol. The summed E-state index contributed by atoms with van der Waals surface area (Å²) in [5.74, 6) is 0.806. The number of benzene rings is 1. The van der Waals surface area contributed by atoms with Gasteiger partial charge in [-0.3, -0.25) is 4.99 Å². The Morgan fingerprint density at radius 2 is 2.08 bits per heavy atom. The van der Waals surface area contributed by atoms with Crippen LogP contribution in [0.15, 0.2) is 59.9 Å². The van der Waals surface area contributed by atoms with Gasteiger partial charge in [-0.15, -0.1) is 0 Å². The fourth-order valence-electron chi connectivity index (χ4n) is 2.65. The number of aliphatic imine (C=N–C) groups is 1. The van der Waals surface area contributed by atoms with Gasteiger partial charge < -0.3 is 15.0 Å². The van der Waals surface area contributed by atoms with Crippen LogP contribution >= 0.6 is 0 Å². The van der Waals surface area contributed by atoms with Crippen LogP contribution in [0.2, 0.25) is 0 Å². The average Bonchev–Trinajstić information content (AvgIpc) is 3.00. The predicted octanol–water partition coefficient (Wildman–Crippen LogP) is 2.55. The second-order valence-corrected chi connectivity index (χ2v) is 5.79. The fraction of sp³-hybridized carbons (Fsp3) is 0.263. The summed E-state index contributed by atoms with van der Waals surface area (Å²) < 4.78 is 2.04. The summed E-state index contributed by atoms with van der Waals surface area (Å²) in [5, 5.41) is 6.68. The SMILES string of the molecule is CN=C(NCCc1cn2ccccc2n1)NCc1cccc(C)c1. The van der Waals surface area contributed by atoms with E-state index < -0.39 is 0 Å². The van der Waals surface area contributed by atoms with Crippen LogP contribution in [0.5, 0.6) is 0 Å². The highest BCUT2D eigenvalue weighted by molar-refractivity contribution is 5.79. The molecule has 0 fully saturated rings. The van der Waals surface area contributed by atoms with Crippen molar-refractivity contribution in [3.8, 4) is 0 Å². The highest BCUT2D eigenvalue weighted by atomic mass is 15.2. The lowest BCUT2D eigenvalue weighted by Crippen LogP contribution is -2.37. The molecule has 3 rings (SSSR count). The highest BCUT2D eigenvalue weighted by Crippen LogP contribution is 2.05. The van der Waals surface area contributed by atoms with Crippen molar-refractivity contribution in [1.29, 1.82) is 0 Å². The summed E-state index contributed by atoms with van der Waals surface area (Å²) in [6.45, 7) is 3.65. The zero-order chi connectivity index (χ0) is 16.8. The minimum Gasteiger partial charge on any atom is -0.356 e. The zero-order valence-electron chi connectivity index (χ0n) is 14.2. The van der Waals surface area contributed by atoms with Crippen LogP contribution in [0.3, 0.4) is 0 Å². The molecule has 124 valence electrons. The Kier molecular flexibility index (Phi) is 5.11. The smallest absolute Gasteiger partial charge is 0.191 e. The van der Waals surface area contributed by atoms with Gasteiger partial charge in [0.1, 0.15) is 5.65 Å². The fourth-order valence-corrected chi connectivity index (χ4v) is 2.65. The molecule has 0 saturated carbocycles. The Bertz CT molecular complexity index is 801. The maximum absolute atomic E-state index is 4.60. The number of hydrogen-bond acceptors (Lipinski definition) is 2. The van der Waals surface area contributed by atoms with Crippen molar-refractivity contribution >= 4 is 11.6 Å². The summed E-state index contributed by atoms with van der Waals surface area (Å²) in [4.78, 5) is 8.87. The molecule has 0 aliphatic carbocycles. The zero-order valence-corrected chi connectivity index (χ0v) is 14.2. The third kappa shape index (κ3) is 4.13. The van der Waals surface area contributed by atoms with Crippen LogP contribution in [-0.2, 0) is 13.0 Å². The van der Waals surface area contributed by atoms with Crippen molar-refractivity contribution in [2.45, 2.75) is 19.9 Å². The van der Waals surface area contributed by atoms with Crippen molar-refractivity contribution in [2.75, 3.05) is 13.6 Å². The van der Waals surface area contributed by atoms with Gasteiger partial charge in [-0.2, -0.15) is 0 Å². The molecule has 5 heteroatoms. The minimum atomic E-state index is 0.760. The summed E-state index contributed by atoms with van der Waals surface area (Å²) >= 11 is 0. The first-order valence-electron chi connectivity index (χ1n) is 8.17. The first kappa shape index (κ1) is 16.1. The van der Waals surface area contributed by atoms with E-state index in [1.165, 1.54) is 11.1 Å². The van der Waals surface area contributed by atoms with Gasteiger partial charge in [-0.1, -0.05) is 35.9 Å². The third-order valence-electron chi connectivity index (χ3n) is 3.85. The van der Waals surface area contributed by atoms with Gasteiger partial charge in [-0.05, 0) is 24.6 Å². The number of rotatable bonds is 5. The first-order chi connectivity index (χ1) is 11.7. The molecule has 0 bridgehead atoms. The van der Waals surface area contributed by atoms with Gasteiger partial charge >= 0.3 is 0 Å². The number of imidazole rings is 1. The number of fused-ring (bicyclic) bond motifs is 1. The van der Waals surface area contributed by atoms with E-state index in [-0.39, 0.29) is 0 Å². The van der Waals surface area contributed by atoms with Gasteiger partial charge in [0.2, 0.25) is 0 Å². The van der Waals surface area contributed by atoms with E-state index in [1.807, 2.05) is 28.8 Å². The molecule has 0 aliphatic heterocycles. The molecule has 0 radical (unpaired) electrons. The number of hydrogen-bond donors (Lipinski definition) is 2. The Labute approximate surface area is 142 Å². The molecule has 0 aliphatic rings. The quantitative estimate of drug-likeness (QED) is 0.561. The van der Waals surface area contributed by atoms with Gasteiger partial charge in [0.25, 0.3) is 0 Å². The Morgan fingerprint density at radius 1 is 1.17 bits per heavy atom. The molecule has 24 heavy (non-hydrogen) atoms. The summed E-state index contributed by atoms with van der Waals surface area (Å²) in [7, 11) is 1.79. The maximum Gasteiger partial charge on any atom is 0.191 e. The molecule has 0 atom stereocenters. The van der Waals surface area contributed by atoms with Crippen LogP contribution < -0.4 is 10.6 Å². The van der Waals surface area contributed by atoms with Gasteiger partial charge in [-0.25, -0.2) is 4.98 Å². The molecule has 0 unspecified atom stereocenters. The van der Waals surface area contributed by atoms with Crippen LogP contribution in [0, 0.1) is 6.92 Å². The molecule has 2 N–H and O–H groups in total. The number of pyridine rings is 1. The van der Waals surface area contributed by atoms with Crippen LogP contribution in [-0.4, -0.2) is 28.9 Å². The molecule has 0 saturated heterocycles. The second-order valence-electron chi connectivity index (χ2n) is 5.79. The van der Waals surface area contributed by atoms with E-state index in [9.17, 15) is 0 Å². The first-order valence-corrected chi connectivity index (χ1v) is 8.17. The molecule has 2 aromatic heterocycles. The summed E-state index contributed by atoms with van der Waals surface area (Å²) in [6, 6.07) is 14.5. The topological polar surface area (TPSA) is 53.7 Å². The number of aryl methyl sites for hydroxylation is 1. The van der Waals surface area contributed by atoms with Crippen LogP contribution in [0.4, 0.5) is 0 Å². The normalized spacial score (nSPS) is 11.7. The Balaban J connectivity index is 1.49. The van der Waals surface area contributed by atoms with Crippen molar-refractivity contribution in [2.24, 2.45) is 4.99 Å². The van der Waals surface area contributed by atoms with E-state index in [1.54, 1.807) is 7.05 Å². The van der Waals surface area contributed by atoms with Crippen LogP contribution in [0.1, 0.15) is 16.8 Å². The average molecular weight is 321 g/mol. The number of guanidine groups is 1. The lowest BCUT2D eigenvalue weighted by Gasteiger charge is -2.11. The molecule has 0 amide bonds. The van der Waals surface area contributed by atoms with E-state index in [0.29, 0.717) is 0 Å². The van der Waals surface area contributed by atoms with E-state index in [2.05, 4.69) is 58.0 Å². The van der Waals surface area contributed by atoms with Crippen molar-refractivity contribution in [3.63, 3.8) is 0 Å². The van der Waals surface area contributed by atoms with Crippen molar-refractivity contribution < 1.29 is 0 Å². The summed E-state index contributed by atoms with van der Waals surface area (Å²) in [5.41, 5.74) is 4.57. The van der Waals surface area contributed by atoms with E-state index in [4.69, 9.17) is 0 Å². The molecule has 0 spiro atoms. The highest BCUT2D eigenvalue weighted by Gasteiger charge is 2.02. The number of aromatic nitrogens is 2. The van der Waals surface area contributed by atoms with Gasteiger partial charge in [0, 0.05) is 39.0 Å². The standard InChI is InChI=1S/C19H23N5/c1-15-6-5-7-16(12-15)13-22-19(20-2)21-10-9-17-14-24-11-4-3-8-18(24)23-17/h3-8,11-12,14H,9-10,13H2,1-2H3,(H2,20,21,22). The Hall–Kier alpha value is -2.82. The molecule has 1 aromatic carbocycles. The van der Waals surface area contributed by atoms with Gasteiger partial charge in [0.15, 0.2) is 5.96 Å². The molecule has 5 nitrogen and oxygen atoms in total. The monoisotopic (exact) mass is 321 g/mol. The number of nitrogens with one attached hydrogen (secondary N) is 2. The molecular formula is C19H23N5. The molecule has 3 aromatic rings. The largest absolute Gasteiger partial charge is 0.356 e.